The van der Waals surface area contributed by atoms with Crippen molar-refractivity contribution in [3.8, 4) is 0 Å². The van der Waals surface area contributed by atoms with E-state index < -0.39 is 35.9 Å². The first-order valence-corrected chi connectivity index (χ1v) is 8.83. The number of carbonyl (C=O) groups excluding carboxylic acids is 2. The van der Waals surface area contributed by atoms with Gasteiger partial charge in [0.15, 0.2) is 0 Å². The normalized spacial score (nSPS) is 14.9. The summed E-state index contributed by atoms with van der Waals surface area (Å²) in [4.78, 5) is 34.7. The van der Waals surface area contributed by atoms with Crippen LogP contribution in [0.15, 0.2) is 0 Å². The molecular weight excluding hydrogens is 334 g/mol. The summed E-state index contributed by atoms with van der Waals surface area (Å²) >= 11 is 9.30. The molecule has 0 rings (SSSR count). The lowest BCUT2D eigenvalue weighted by Gasteiger charge is -2.21. The zero-order valence-electron chi connectivity index (χ0n) is 11.6. The summed E-state index contributed by atoms with van der Waals surface area (Å²) in [5, 5.41) is 13.8. The first kappa shape index (κ1) is 20.4. The van der Waals surface area contributed by atoms with Crippen LogP contribution in [0.25, 0.3) is 0 Å². The van der Waals surface area contributed by atoms with Gasteiger partial charge in [0.05, 0.1) is 6.04 Å². The van der Waals surface area contributed by atoms with Crippen LogP contribution in [0.5, 0.6) is 0 Å². The summed E-state index contributed by atoms with van der Waals surface area (Å²) in [6.07, 6.45) is 2.24. The summed E-state index contributed by atoms with van der Waals surface area (Å²) in [6.45, 7) is 0. The number of carbonyl (C=O) groups is 3. The fourth-order valence-corrected chi connectivity index (χ4v) is 2.21. The monoisotopic (exact) mass is 355 g/mol. The van der Waals surface area contributed by atoms with Crippen molar-refractivity contribution in [1.82, 2.24) is 10.6 Å². The third-order valence-electron chi connectivity index (χ3n) is 2.57. The molecule has 21 heavy (non-hydrogen) atoms. The third-order valence-corrected chi connectivity index (χ3v) is 3.98. The number of carboxylic acids is 1. The number of thiol groups is 2. The van der Waals surface area contributed by atoms with Gasteiger partial charge < -0.3 is 21.5 Å². The molecule has 0 aromatic carbocycles. The van der Waals surface area contributed by atoms with E-state index in [-0.39, 0.29) is 11.5 Å². The fourth-order valence-electron chi connectivity index (χ4n) is 1.32. The molecule has 0 saturated heterocycles. The van der Waals surface area contributed by atoms with Crippen LogP contribution in [0.2, 0.25) is 0 Å². The number of carboxylic acid groups (broad SMARTS) is 1. The molecule has 10 heteroatoms. The molecule has 122 valence electrons. The molecule has 0 fully saturated rings. The Bertz CT molecular complexity index is 371. The predicted octanol–water partition coefficient (Wildman–Crippen LogP) is -1.02. The van der Waals surface area contributed by atoms with Crippen LogP contribution in [0.3, 0.4) is 0 Å². The Morgan fingerprint density at radius 1 is 1.14 bits per heavy atom. The first-order valence-electron chi connectivity index (χ1n) is 6.17. The molecule has 0 heterocycles. The maximum atomic E-state index is 12.1. The van der Waals surface area contributed by atoms with E-state index in [2.05, 4.69) is 35.9 Å². The maximum Gasteiger partial charge on any atom is 0.327 e. The Kier molecular flexibility index (Phi) is 10.7. The van der Waals surface area contributed by atoms with Crippen molar-refractivity contribution in [2.75, 3.05) is 23.5 Å². The van der Waals surface area contributed by atoms with Crippen molar-refractivity contribution in [2.24, 2.45) is 5.73 Å². The number of amides is 2. The molecule has 0 radical (unpaired) electrons. The largest absolute Gasteiger partial charge is 0.480 e. The highest BCUT2D eigenvalue weighted by Crippen LogP contribution is 2.03. The Balaban J connectivity index is 4.76. The second-order valence-electron chi connectivity index (χ2n) is 4.21. The van der Waals surface area contributed by atoms with Crippen molar-refractivity contribution in [3.05, 3.63) is 0 Å². The highest BCUT2D eigenvalue weighted by Gasteiger charge is 2.26. The Morgan fingerprint density at radius 3 is 2.14 bits per heavy atom. The zero-order chi connectivity index (χ0) is 16.4. The summed E-state index contributed by atoms with van der Waals surface area (Å²) in [5.74, 6) is -1.50. The number of aliphatic carboxylic acids is 1. The molecule has 2 amide bonds. The van der Waals surface area contributed by atoms with E-state index >= 15 is 0 Å². The molecule has 3 atom stereocenters. The van der Waals surface area contributed by atoms with Gasteiger partial charge in [-0.3, -0.25) is 9.59 Å². The smallest absolute Gasteiger partial charge is 0.327 e. The van der Waals surface area contributed by atoms with Crippen LogP contribution in [0.1, 0.15) is 6.42 Å². The minimum atomic E-state index is -1.18. The molecule has 3 unspecified atom stereocenters. The molecule has 0 bridgehead atoms. The van der Waals surface area contributed by atoms with Crippen molar-refractivity contribution >= 4 is 54.8 Å². The average molecular weight is 356 g/mol. The maximum absolute atomic E-state index is 12.1. The van der Waals surface area contributed by atoms with Crippen LogP contribution < -0.4 is 16.4 Å². The van der Waals surface area contributed by atoms with E-state index in [0.717, 1.165) is 0 Å². The predicted molar refractivity (Wildman–Crippen MR) is 90.2 cm³/mol. The highest BCUT2D eigenvalue weighted by molar-refractivity contribution is 7.98. The lowest BCUT2D eigenvalue weighted by molar-refractivity contribution is -0.141. The molecule has 0 aromatic heterocycles. The van der Waals surface area contributed by atoms with Crippen LogP contribution in [0, 0.1) is 0 Å². The minimum absolute atomic E-state index is 0.0412. The van der Waals surface area contributed by atoms with Crippen LogP contribution in [-0.2, 0) is 14.4 Å². The van der Waals surface area contributed by atoms with Gasteiger partial charge in [0, 0.05) is 11.5 Å². The lowest BCUT2D eigenvalue weighted by atomic mass is 10.1. The SMILES string of the molecule is CSCCC(NC(=O)C(N)CS)C(=O)NC(CS)C(=O)O. The lowest BCUT2D eigenvalue weighted by Crippen LogP contribution is -2.55. The van der Waals surface area contributed by atoms with Gasteiger partial charge in [-0.25, -0.2) is 4.79 Å². The van der Waals surface area contributed by atoms with E-state index in [1.165, 1.54) is 11.8 Å². The molecule has 7 nitrogen and oxygen atoms in total. The number of nitrogens with one attached hydrogen (secondary N) is 2. The fraction of sp³-hybridized carbons (Fsp3) is 0.727. The molecular formula is C11H21N3O4S3. The number of rotatable bonds is 10. The van der Waals surface area contributed by atoms with Crippen LogP contribution in [0.4, 0.5) is 0 Å². The van der Waals surface area contributed by atoms with E-state index in [9.17, 15) is 14.4 Å². The van der Waals surface area contributed by atoms with Crippen molar-refractivity contribution < 1.29 is 19.5 Å². The number of hydrogen-bond donors (Lipinski definition) is 6. The van der Waals surface area contributed by atoms with Crippen molar-refractivity contribution in [1.29, 1.82) is 0 Å². The average Bonchev–Trinajstić information content (AvgIpc) is 2.46. The summed E-state index contributed by atoms with van der Waals surface area (Å²) in [6, 6.07) is -2.76. The van der Waals surface area contributed by atoms with Gasteiger partial charge in [-0.05, 0) is 18.4 Å². The van der Waals surface area contributed by atoms with Gasteiger partial charge in [0.2, 0.25) is 11.8 Å². The molecule has 0 spiro atoms. The summed E-state index contributed by atoms with van der Waals surface area (Å²) in [5.41, 5.74) is 5.54. The Hall–Kier alpha value is -0.580. The molecule has 0 aliphatic rings. The third kappa shape index (κ3) is 7.84. The van der Waals surface area contributed by atoms with Crippen molar-refractivity contribution in [3.63, 3.8) is 0 Å². The van der Waals surface area contributed by atoms with Gasteiger partial charge >= 0.3 is 5.97 Å². The van der Waals surface area contributed by atoms with Gasteiger partial charge in [0.1, 0.15) is 12.1 Å². The highest BCUT2D eigenvalue weighted by atomic mass is 32.2. The molecule has 0 aliphatic carbocycles. The first-order chi connectivity index (χ1) is 9.87. The summed E-state index contributed by atoms with van der Waals surface area (Å²) < 4.78 is 0. The Labute approximate surface area is 139 Å². The number of hydrogen-bond acceptors (Lipinski definition) is 7. The van der Waals surface area contributed by atoms with Gasteiger partial charge in [-0.2, -0.15) is 37.0 Å². The van der Waals surface area contributed by atoms with E-state index in [1.54, 1.807) is 0 Å². The van der Waals surface area contributed by atoms with Crippen LogP contribution in [-0.4, -0.2) is 64.5 Å². The van der Waals surface area contributed by atoms with E-state index in [0.29, 0.717) is 12.2 Å². The molecule has 0 aromatic rings. The minimum Gasteiger partial charge on any atom is -0.480 e. The van der Waals surface area contributed by atoms with Crippen LogP contribution >= 0.6 is 37.0 Å². The topological polar surface area (TPSA) is 122 Å². The number of thioether (sulfide) groups is 1. The van der Waals surface area contributed by atoms with Crippen molar-refractivity contribution in [2.45, 2.75) is 24.5 Å². The van der Waals surface area contributed by atoms with E-state index in [1.807, 2.05) is 6.26 Å². The quantitative estimate of drug-likeness (QED) is 0.279. The van der Waals surface area contributed by atoms with Gasteiger partial charge in [-0.1, -0.05) is 0 Å². The molecule has 5 N–H and O–H groups in total. The molecule has 0 saturated carbocycles. The van der Waals surface area contributed by atoms with Gasteiger partial charge in [-0.15, -0.1) is 0 Å². The zero-order valence-corrected chi connectivity index (χ0v) is 14.2. The standard InChI is InChI=1S/C11H21N3O4S3/c1-21-3-2-7(13-9(15)6(12)4-19)10(16)14-8(5-20)11(17)18/h6-8,19-20H,2-5,12H2,1H3,(H,13,15)(H,14,16)(H,17,18). The molecule has 0 aliphatic heterocycles. The second kappa shape index (κ2) is 11.0. The summed E-state index contributed by atoms with van der Waals surface area (Å²) in [7, 11) is 0. The van der Waals surface area contributed by atoms with Gasteiger partial charge in [0.25, 0.3) is 0 Å². The van der Waals surface area contributed by atoms with E-state index in [4.69, 9.17) is 10.8 Å². The second-order valence-corrected chi connectivity index (χ2v) is 5.93. The number of nitrogens with two attached hydrogens (primary N) is 1. The Morgan fingerprint density at radius 2 is 1.71 bits per heavy atom.